The molecule has 0 heterocycles. The quantitative estimate of drug-likeness (QED) is 0.436. The Bertz CT molecular complexity index is 608. The summed E-state index contributed by atoms with van der Waals surface area (Å²) in [5.41, 5.74) is 2.85. The lowest BCUT2D eigenvalue weighted by molar-refractivity contribution is -0.134. The fourth-order valence-electron chi connectivity index (χ4n) is 2.30. The molecule has 23 heavy (non-hydrogen) atoms. The Morgan fingerprint density at radius 2 is 1.70 bits per heavy atom. The normalized spacial score (nSPS) is 12.3. The van der Waals surface area contributed by atoms with Crippen LogP contribution in [0.3, 0.4) is 0 Å². The van der Waals surface area contributed by atoms with Gasteiger partial charge in [0.05, 0.1) is 12.6 Å². The van der Waals surface area contributed by atoms with Gasteiger partial charge in [0, 0.05) is 19.8 Å². The minimum Gasteiger partial charge on any atom is -0.426 e. The van der Waals surface area contributed by atoms with Crippen molar-refractivity contribution in [3.05, 3.63) is 28.8 Å². The van der Waals surface area contributed by atoms with E-state index in [4.69, 9.17) is 13.8 Å². The van der Waals surface area contributed by atoms with E-state index in [0.29, 0.717) is 5.75 Å². The first kappa shape index (κ1) is 19.9. The van der Waals surface area contributed by atoms with Gasteiger partial charge < -0.3 is 13.8 Å². The van der Waals surface area contributed by atoms with Crippen molar-refractivity contribution >= 4 is 13.6 Å². The molecule has 0 fully saturated rings. The van der Waals surface area contributed by atoms with E-state index in [1.54, 1.807) is 0 Å². The lowest BCUT2D eigenvalue weighted by atomic mass is 9.84. The van der Waals surface area contributed by atoms with Crippen molar-refractivity contribution in [1.29, 1.82) is 0 Å². The van der Waals surface area contributed by atoms with Crippen LogP contribution in [0.4, 0.5) is 0 Å². The van der Waals surface area contributed by atoms with Crippen molar-refractivity contribution in [2.45, 2.75) is 46.5 Å². The fourth-order valence-corrected chi connectivity index (χ4v) is 3.27. The molecule has 0 atom stereocenters. The van der Waals surface area contributed by atoms with Crippen LogP contribution in [0.1, 0.15) is 43.9 Å². The van der Waals surface area contributed by atoms with Gasteiger partial charge in [-0.1, -0.05) is 38.5 Å². The average Bonchev–Trinajstić information content (AvgIpc) is 2.46. The van der Waals surface area contributed by atoms with E-state index in [2.05, 4.69) is 20.8 Å². The second kappa shape index (κ2) is 7.61. The summed E-state index contributed by atoms with van der Waals surface area (Å²) >= 11 is 0. The third kappa shape index (κ3) is 5.45. The summed E-state index contributed by atoms with van der Waals surface area (Å²) in [4.78, 5) is 12.2. The summed E-state index contributed by atoms with van der Waals surface area (Å²) < 4.78 is 27.2. The summed E-state index contributed by atoms with van der Waals surface area (Å²) in [6, 6.07) is 4.01. The molecule has 1 aromatic rings. The third-order valence-electron chi connectivity index (χ3n) is 3.59. The van der Waals surface area contributed by atoms with Crippen molar-refractivity contribution in [2.24, 2.45) is 0 Å². The lowest BCUT2D eigenvalue weighted by Gasteiger charge is -2.24. The second-order valence-electron chi connectivity index (χ2n) is 6.63. The van der Waals surface area contributed by atoms with Crippen LogP contribution < -0.4 is 4.74 Å². The molecule has 1 aromatic carbocycles. The molecule has 0 aliphatic rings. The third-order valence-corrected chi connectivity index (χ3v) is 5.47. The largest absolute Gasteiger partial charge is 0.426 e. The lowest BCUT2D eigenvalue weighted by Crippen LogP contribution is -2.18. The SMILES string of the molecule is COP(=O)(CCC(=O)Oc1c(C)cc(C)cc1C(C)(C)C)OC. The minimum absolute atomic E-state index is 0.00536. The Kier molecular flexibility index (Phi) is 6.58. The van der Waals surface area contributed by atoms with E-state index >= 15 is 0 Å². The van der Waals surface area contributed by atoms with Gasteiger partial charge in [0.15, 0.2) is 0 Å². The highest BCUT2D eigenvalue weighted by atomic mass is 31.2. The van der Waals surface area contributed by atoms with Crippen LogP contribution in [-0.2, 0) is 23.8 Å². The number of ether oxygens (including phenoxy) is 1. The maximum absolute atomic E-state index is 12.2. The van der Waals surface area contributed by atoms with E-state index in [1.165, 1.54) is 14.2 Å². The molecular formula is C17H27O5P. The highest BCUT2D eigenvalue weighted by Crippen LogP contribution is 2.46. The van der Waals surface area contributed by atoms with Crippen LogP contribution in [0.25, 0.3) is 0 Å². The molecule has 0 amide bonds. The van der Waals surface area contributed by atoms with Crippen LogP contribution in [0.5, 0.6) is 5.75 Å². The van der Waals surface area contributed by atoms with Gasteiger partial charge in [-0.05, 0) is 24.8 Å². The molecule has 5 nitrogen and oxygen atoms in total. The average molecular weight is 342 g/mol. The molecule has 6 heteroatoms. The monoisotopic (exact) mass is 342 g/mol. The van der Waals surface area contributed by atoms with Crippen molar-refractivity contribution in [3.8, 4) is 5.75 Å². The number of hydrogen-bond donors (Lipinski definition) is 0. The molecule has 0 unspecified atom stereocenters. The molecule has 0 saturated heterocycles. The number of hydrogen-bond acceptors (Lipinski definition) is 5. The molecule has 0 radical (unpaired) electrons. The Hall–Kier alpha value is -1.16. The topological polar surface area (TPSA) is 61.8 Å². The molecule has 0 spiro atoms. The van der Waals surface area contributed by atoms with E-state index in [0.717, 1.165) is 16.7 Å². The predicted molar refractivity (Wildman–Crippen MR) is 91.4 cm³/mol. The Balaban J connectivity index is 2.97. The maximum Gasteiger partial charge on any atom is 0.330 e. The van der Waals surface area contributed by atoms with E-state index in [9.17, 15) is 9.36 Å². The first-order valence-electron chi connectivity index (χ1n) is 7.55. The number of esters is 1. The summed E-state index contributed by atoms with van der Waals surface area (Å²) in [5, 5.41) is 0. The first-order chi connectivity index (χ1) is 10.5. The van der Waals surface area contributed by atoms with Crippen molar-refractivity contribution in [3.63, 3.8) is 0 Å². The Morgan fingerprint density at radius 1 is 1.13 bits per heavy atom. The smallest absolute Gasteiger partial charge is 0.330 e. The van der Waals surface area contributed by atoms with Gasteiger partial charge in [-0.25, -0.2) is 0 Å². The summed E-state index contributed by atoms with van der Waals surface area (Å²) in [5.74, 6) is 0.134. The zero-order valence-electron chi connectivity index (χ0n) is 15.1. The Morgan fingerprint density at radius 3 is 2.17 bits per heavy atom. The number of carbonyl (C=O) groups excluding carboxylic acids is 1. The highest BCUT2D eigenvalue weighted by Gasteiger charge is 2.26. The van der Waals surface area contributed by atoms with Crippen LogP contribution in [0, 0.1) is 13.8 Å². The van der Waals surface area contributed by atoms with Crippen LogP contribution in [0.15, 0.2) is 12.1 Å². The molecule has 0 saturated carbocycles. The van der Waals surface area contributed by atoms with Gasteiger partial charge in [-0.2, -0.15) is 0 Å². The van der Waals surface area contributed by atoms with Gasteiger partial charge in [-0.15, -0.1) is 0 Å². The number of rotatable bonds is 6. The standard InChI is InChI=1S/C17H27O5P/c1-12-10-13(2)16(14(11-12)17(3,4)5)22-15(18)8-9-23(19,20-6)21-7/h10-11H,8-9H2,1-7H3. The van der Waals surface area contributed by atoms with Gasteiger partial charge in [0.1, 0.15) is 5.75 Å². The van der Waals surface area contributed by atoms with Crippen molar-refractivity contribution < 1.29 is 23.1 Å². The summed E-state index contributed by atoms with van der Waals surface area (Å²) in [6.07, 6.45) is -0.0373. The molecule has 130 valence electrons. The van der Waals surface area contributed by atoms with Crippen LogP contribution in [-0.4, -0.2) is 26.4 Å². The van der Waals surface area contributed by atoms with Crippen LogP contribution in [0.2, 0.25) is 0 Å². The zero-order valence-corrected chi connectivity index (χ0v) is 16.0. The predicted octanol–water partition coefficient (Wildman–Crippen LogP) is 4.38. The molecule has 0 aliphatic carbocycles. The van der Waals surface area contributed by atoms with E-state index in [1.807, 2.05) is 26.0 Å². The van der Waals surface area contributed by atoms with Gasteiger partial charge >= 0.3 is 13.6 Å². The van der Waals surface area contributed by atoms with Gasteiger partial charge in [0.2, 0.25) is 0 Å². The fraction of sp³-hybridized carbons (Fsp3) is 0.588. The second-order valence-corrected chi connectivity index (χ2v) is 9.03. The molecule has 0 N–H and O–H groups in total. The van der Waals surface area contributed by atoms with E-state index in [-0.39, 0.29) is 18.0 Å². The molecule has 0 aromatic heterocycles. The molecular weight excluding hydrogens is 315 g/mol. The highest BCUT2D eigenvalue weighted by molar-refractivity contribution is 7.53. The molecule has 0 bridgehead atoms. The first-order valence-corrected chi connectivity index (χ1v) is 9.28. The number of carbonyl (C=O) groups is 1. The zero-order chi connectivity index (χ0) is 17.8. The van der Waals surface area contributed by atoms with E-state index < -0.39 is 13.6 Å². The Labute approximate surface area is 138 Å². The summed E-state index contributed by atoms with van der Waals surface area (Å²) in [7, 11) is -0.599. The molecule has 1 rings (SSSR count). The maximum atomic E-state index is 12.2. The van der Waals surface area contributed by atoms with Gasteiger partial charge in [-0.3, -0.25) is 9.36 Å². The molecule has 0 aliphatic heterocycles. The van der Waals surface area contributed by atoms with Crippen molar-refractivity contribution in [2.75, 3.05) is 20.4 Å². The summed E-state index contributed by atoms with van der Waals surface area (Å²) in [6.45, 7) is 10.1. The number of aryl methyl sites for hydroxylation is 2. The van der Waals surface area contributed by atoms with Crippen molar-refractivity contribution in [1.82, 2.24) is 0 Å². The minimum atomic E-state index is -3.20. The van der Waals surface area contributed by atoms with Crippen LogP contribution >= 0.6 is 7.60 Å². The van der Waals surface area contributed by atoms with Gasteiger partial charge in [0.25, 0.3) is 0 Å². The number of benzene rings is 1.